The van der Waals surface area contributed by atoms with E-state index in [1.54, 1.807) is 20.8 Å². The van der Waals surface area contributed by atoms with Crippen LogP contribution in [0.1, 0.15) is 33.6 Å². The molecule has 21 heavy (non-hydrogen) atoms. The molecule has 0 bridgehead atoms. The van der Waals surface area contributed by atoms with Crippen molar-refractivity contribution in [3.05, 3.63) is 0 Å². The van der Waals surface area contributed by atoms with Crippen LogP contribution in [0.5, 0.6) is 0 Å². The number of esters is 1. The van der Waals surface area contributed by atoms with E-state index in [2.05, 4.69) is 0 Å². The lowest BCUT2D eigenvalue weighted by atomic mass is 10.2. The quantitative estimate of drug-likeness (QED) is 0.727. The zero-order valence-electron chi connectivity index (χ0n) is 13.3. The Balaban J connectivity index is 2.60. The van der Waals surface area contributed by atoms with Crippen molar-refractivity contribution in [3.8, 4) is 0 Å². The van der Waals surface area contributed by atoms with Gasteiger partial charge < -0.3 is 19.3 Å². The molecule has 1 heterocycles. The summed E-state index contributed by atoms with van der Waals surface area (Å²) in [5.41, 5.74) is -0.614. The number of methoxy groups -OCH3 is 1. The van der Waals surface area contributed by atoms with E-state index >= 15 is 0 Å². The van der Waals surface area contributed by atoms with Gasteiger partial charge >= 0.3 is 12.1 Å². The zero-order chi connectivity index (χ0) is 16.2. The molecule has 0 aromatic carbocycles. The van der Waals surface area contributed by atoms with E-state index < -0.39 is 23.7 Å². The molecule has 7 nitrogen and oxygen atoms in total. The van der Waals surface area contributed by atoms with Crippen LogP contribution in [0, 0.1) is 0 Å². The normalized spacial score (nSPS) is 18.3. The molecule has 2 amide bonds. The molecule has 1 aliphatic heterocycles. The molecule has 0 aromatic rings. The molecule has 0 radical (unpaired) electrons. The summed E-state index contributed by atoms with van der Waals surface area (Å²) in [4.78, 5) is 38.3. The number of rotatable bonds is 3. The number of likely N-dealkylation sites (tertiary alicyclic amines) is 1. The number of hydrogen-bond acceptors (Lipinski definition) is 5. The highest BCUT2D eigenvalue weighted by Gasteiger charge is 2.35. The maximum atomic E-state index is 12.2. The Morgan fingerprint density at radius 2 is 1.90 bits per heavy atom. The van der Waals surface area contributed by atoms with E-state index in [0.717, 1.165) is 6.42 Å². The predicted octanol–water partition coefficient (Wildman–Crippen LogP) is 1.02. The number of nitrogens with zero attached hydrogens (tertiary/aromatic N) is 2. The minimum Gasteiger partial charge on any atom is -0.467 e. The van der Waals surface area contributed by atoms with Crippen LogP contribution in [0.4, 0.5) is 4.79 Å². The Morgan fingerprint density at radius 1 is 1.29 bits per heavy atom. The van der Waals surface area contributed by atoms with Gasteiger partial charge in [-0.3, -0.25) is 4.79 Å². The van der Waals surface area contributed by atoms with Crippen LogP contribution in [0.2, 0.25) is 0 Å². The van der Waals surface area contributed by atoms with E-state index in [1.807, 2.05) is 0 Å². The molecular formula is C14H24N2O5. The van der Waals surface area contributed by atoms with Crippen LogP contribution in [-0.4, -0.2) is 66.7 Å². The lowest BCUT2D eigenvalue weighted by Gasteiger charge is -2.27. The minimum absolute atomic E-state index is 0.123. The van der Waals surface area contributed by atoms with Crippen molar-refractivity contribution in [2.75, 3.05) is 27.2 Å². The number of carbonyl (C=O) groups is 3. The number of carbonyl (C=O) groups excluding carboxylic acids is 3. The predicted molar refractivity (Wildman–Crippen MR) is 75.6 cm³/mol. The molecule has 1 atom stereocenters. The van der Waals surface area contributed by atoms with Gasteiger partial charge in [-0.1, -0.05) is 0 Å². The highest BCUT2D eigenvalue weighted by Crippen LogP contribution is 2.19. The van der Waals surface area contributed by atoms with Gasteiger partial charge in [-0.15, -0.1) is 0 Å². The number of likely N-dealkylation sites (N-methyl/N-ethyl adjacent to an activating group) is 1. The van der Waals surface area contributed by atoms with Crippen LogP contribution >= 0.6 is 0 Å². The summed E-state index contributed by atoms with van der Waals surface area (Å²) in [5, 5.41) is 0. The average Bonchev–Trinajstić information content (AvgIpc) is 2.84. The smallest absolute Gasteiger partial charge is 0.410 e. The van der Waals surface area contributed by atoms with Gasteiger partial charge in [0.2, 0.25) is 5.91 Å². The Labute approximate surface area is 125 Å². The van der Waals surface area contributed by atoms with E-state index in [1.165, 1.54) is 24.0 Å². The first-order valence-electron chi connectivity index (χ1n) is 6.97. The fraction of sp³-hybridized carbons (Fsp3) is 0.786. The first-order chi connectivity index (χ1) is 9.65. The summed E-state index contributed by atoms with van der Waals surface area (Å²) in [7, 11) is 2.80. The van der Waals surface area contributed by atoms with Crippen LogP contribution in [0.15, 0.2) is 0 Å². The summed E-state index contributed by atoms with van der Waals surface area (Å²) in [6, 6.07) is -0.547. The summed E-state index contributed by atoms with van der Waals surface area (Å²) in [6.07, 6.45) is 0.778. The molecule has 0 aromatic heterocycles. The van der Waals surface area contributed by atoms with Crippen LogP contribution in [0.3, 0.4) is 0 Å². The Hall–Kier alpha value is -1.79. The fourth-order valence-electron chi connectivity index (χ4n) is 2.14. The summed E-state index contributed by atoms with van der Waals surface area (Å²) >= 11 is 0. The first kappa shape index (κ1) is 17.3. The third kappa shape index (κ3) is 4.91. The van der Waals surface area contributed by atoms with Crippen LogP contribution < -0.4 is 0 Å². The van der Waals surface area contributed by atoms with E-state index in [-0.39, 0.29) is 12.5 Å². The highest BCUT2D eigenvalue weighted by atomic mass is 16.6. The van der Waals surface area contributed by atoms with Crippen molar-refractivity contribution in [2.45, 2.75) is 45.3 Å². The van der Waals surface area contributed by atoms with Crippen molar-refractivity contribution < 1.29 is 23.9 Å². The average molecular weight is 300 g/mol. The summed E-state index contributed by atoms with van der Waals surface area (Å²) in [5.74, 6) is -0.697. The lowest BCUT2D eigenvalue weighted by molar-refractivity contribution is -0.151. The SMILES string of the molecule is COC(=O)C1CCCN1C(=O)CN(C)C(=O)OC(C)(C)C. The third-order valence-electron chi connectivity index (χ3n) is 3.12. The van der Waals surface area contributed by atoms with Crippen molar-refractivity contribution in [3.63, 3.8) is 0 Å². The van der Waals surface area contributed by atoms with Crippen LogP contribution in [0.25, 0.3) is 0 Å². The third-order valence-corrected chi connectivity index (χ3v) is 3.12. The second-order valence-electron chi connectivity index (χ2n) is 6.10. The van der Waals surface area contributed by atoms with Gasteiger partial charge in [0.15, 0.2) is 0 Å². The molecule has 1 fully saturated rings. The van der Waals surface area contributed by atoms with Gasteiger partial charge in [0.1, 0.15) is 18.2 Å². The first-order valence-corrected chi connectivity index (χ1v) is 6.97. The largest absolute Gasteiger partial charge is 0.467 e. The Bertz CT molecular complexity index is 416. The molecule has 1 rings (SSSR count). The van der Waals surface area contributed by atoms with E-state index in [9.17, 15) is 14.4 Å². The molecule has 0 saturated carbocycles. The topological polar surface area (TPSA) is 76.2 Å². The van der Waals surface area contributed by atoms with Gasteiger partial charge in [0.05, 0.1) is 7.11 Å². The summed E-state index contributed by atoms with van der Waals surface area (Å²) < 4.78 is 9.88. The van der Waals surface area contributed by atoms with Crippen molar-refractivity contribution >= 4 is 18.0 Å². The maximum Gasteiger partial charge on any atom is 0.410 e. The van der Waals surface area contributed by atoms with Crippen LogP contribution in [-0.2, 0) is 19.1 Å². The zero-order valence-corrected chi connectivity index (χ0v) is 13.3. The number of amides is 2. The van der Waals surface area contributed by atoms with Gasteiger partial charge in [-0.05, 0) is 33.6 Å². The number of ether oxygens (including phenoxy) is 2. The Morgan fingerprint density at radius 3 is 2.43 bits per heavy atom. The maximum absolute atomic E-state index is 12.2. The van der Waals surface area contributed by atoms with Gasteiger partial charge in [-0.25, -0.2) is 9.59 Å². The lowest BCUT2D eigenvalue weighted by Crippen LogP contribution is -2.47. The molecule has 7 heteroatoms. The second kappa shape index (κ2) is 6.78. The van der Waals surface area contributed by atoms with Gasteiger partial charge in [0, 0.05) is 13.6 Å². The molecule has 0 spiro atoms. The van der Waals surface area contributed by atoms with Crippen molar-refractivity contribution in [2.24, 2.45) is 0 Å². The summed E-state index contributed by atoms with van der Waals surface area (Å²) in [6.45, 7) is 5.65. The van der Waals surface area contributed by atoms with E-state index in [0.29, 0.717) is 13.0 Å². The molecule has 1 unspecified atom stereocenters. The molecule has 1 saturated heterocycles. The molecule has 0 N–H and O–H groups in total. The molecule has 120 valence electrons. The minimum atomic E-state index is -0.614. The fourth-order valence-corrected chi connectivity index (χ4v) is 2.14. The standard InChI is InChI=1S/C14H24N2O5/c1-14(2,3)21-13(19)15(4)9-11(17)16-8-6-7-10(16)12(18)20-5/h10H,6-9H2,1-5H3. The number of hydrogen-bond donors (Lipinski definition) is 0. The monoisotopic (exact) mass is 300 g/mol. The van der Waals surface area contributed by atoms with Gasteiger partial charge in [0.25, 0.3) is 0 Å². The highest BCUT2D eigenvalue weighted by molar-refractivity contribution is 5.87. The van der Waals surface area contributed by atoms with E-state index in [4.69, 9.17) is 9.47 Å². The Kier molecular flexibility index (Phi) is 5.57. The molecular weight excluding hydrogens is 276 g/mol. The molecule has 1 aliphatic rings. The second-order valence-corrected chi connectivity index (χ2v) is 6.10. The molecule has 0 aliphatic carbocycles. The van der Waals surface area contributed by atoms with Crippen molar-refractivity contribution in [1.82, 2.24) is 9.80 Å². The van der Waals surface area contributed by atoms with Crippen molar-refractivity contribution in [1.29, 1.82) is 0 Å². The van der Waals surface area contributed by atoms with Gasteiger partial charge in [-0.2, -0.15) is 0 Å².